The van der Waals surface area contributed by atoms with Gasteiger partial charge in [-0.05, 0) is 42.5 Å². The molecule has 2 aromatic carbocycles. The van der Waals surface area contributed by atoms with E-state index in [1.807, 2.05) is 18.2 Å². The average Bonchev–Trinajstić information content (AvgIpc) is 2.69. The molecule has 0 bridgehead atoms. The van der Waals surface area contributed by atoms with Crippen LogP contribution < -0.4 is 16.2 Å². The zero-order valence-electron chi connectivity index (χ0n) is 14.8. The molecule has 3 aromatic rings. The SMILES string of the molecule is O=C(CSc1nc(Cl)cn(-c2ccccc2)c1=O)NC(=S)Nc1cccc(Cl)c1. The van der Waals surface area contributed by atoms with Gasteiger partial charge in [0.1, 0.15) is 5.15 Å². The predicted octanol–water partition coefficient (Wildman–Crippen LogP) is 4.14. The Kier molecular flexibility index (Phi) is 7.27. The van der Waals surface area contributed by atoms with E-state index >= 15 is 0 Å². The first-order valence-corrected chi connectivity index (χ1v) is 10.4. The summed E-state index contributed by atoms with van der Waals surface area (Å²) in [6.45, 7) is 0. The van der Waals surface area contributed by atoms with Gasteiger partial charge >= 0.3 is 0 Å². The van der Waals surface area contributed by atoms with Crippen LogP contribution in [0.5, 0.6) is 0 Å². The van der Waals surface area contributed by atoms with Gasteiger partial charge in [0, 0.05) is 16.4 Å². The van der Waals surface area contributed by atoms with Crippen LogP contribution in [0, 0.1) is 0 Å². The van der Waals surface area contributed by atoms with E-state index in [0.29, 0.717) is 16.4 Å². The molecule has 0 aliphatic rings. The van der Waals surface area contributed by atoms with Crippen molar-refractivity contribution in [3.8, 4) is 5.69 Å². The molecule has 0 fully saturated rings. The summed E-state index contributed by atoms with van der Waals surface area (Å²) in [4.78, 5) is 28.9. The lowest BCUT2D eigenvalue weighted by molar-refractivity contribution is -0.117. The van der Waals surface area contributed by atoms with Crippen molar-refractivity contribution >= 4 is 63.9 Å². The first-order valence-electron chi connectivity index (χ1n) is 8.26. The lowest BCUT2D eigenvalue weighted by Gasteiger charge is -2.10. The fraction of sp³-hybridized carbons (Fsp3) is 0.0526. The topological polar surface area (TPSA) is 76.0 Å². The summed E-state index contributed by atoms with van der Waals surface area (Å²) >= 11 is 18.1. The highest BCUT2D eigenvalue weighted by Gasteiger charge is 2.13. The lowest BCUT2D eigenvalue weighted by atomic mass is 10.3. The van der Waals surface area contributed by atoms with Crippen molar-refractivity contribution in [1.29, 1.82) is 0 Å². The average molecular weight is 465 g/mol. The minimum Gasteiger partial charge on any atom is -0.332 e. The highest BCUT2D eigenvalue weighted by molar-refractivity contribution is 7.99. The molecule has 0 aliphatic heterocycles. The van der Waals surface area contributed by atoms with E-state index in [1.54, 1.807) is 36.4 Å². The number of carbonyl (C=O) groups is 1. The molecular formula is C19H14Cl2N4O2S2. The van der Waals surface area contributed by atoms with Crippen molar-refractivity contribution in [1.82, 2.24) is 14.9 Å². The number of hydrogen-bond donors (Lipinski definition) is 2. The number of thiocarbonyl (C=S) groups is 1. The van der Waals surface area contributed by atoms with E-state index in [0.717, 1.165) is 11.8 Å². The molecule has 1 amide bonds. The molecule has 29 heavy (non-hydrogen) atoms. The fourth-order valence-electron chi connectivity index (χ4n) is 2.34. The Morgan fingerprint density at radius 1 is 1.14 bits per heavy atom. The monoisotopic (exact) mass is 464 g/mol. The Bertz CT molecular complexity index is 1110. The molecule has 0 aliphatic carbocycles. The molecule has 148 valence electrons. The van der Waals surface area contributed by atoms with Gasteiger partial charge in [-0.2, -0.15) is 0 Å². The molecule has 10 heteroatoms. The van der Waals surface area contributed by atoms with Gasteiger partial charge < -0.3 is 10.6 Å². The zero-order valence-corrected chi connectivity index (χ0v) is 17.9. The summed E-state index contributed by atoms with van der Waals surface area (Å²) < 4.78 is 1.39. The number of rotatable bonds is 5. The Labute approximate surface area is 186 Å². The number of anilines is 1. The van der Waals surface area contributed by atoms with Crippen LogP contribution in [0.25, 0.3) is 5.69 Å². The van der Waals surface area contributed by atoms with Crippen LogP contribution >= 0.6 is 47.2 Å². The van der Waals surface area contributed by atoms with Crippen molar-refractivity contribution in [3.63, 3.8) is 0 Å². The second kappa shape index (κ2) is 9.89. The number of thioether (sulfide) groups is 1. The standard InChI is InChI=1S/C19H14Cl2N4O2S2/c20-12-5-4-6-13(9-12)22-19(28)24-16(26)11-29-17-18(27)25(10-15(21)23-17)14-7-2-1-3-8-14/h1-10H,11H2,(H2,22,24,26,28). The van der Waals surface area contributed by atoms with Gasteiger partial charge in [0.05, 0.1) is 11.9 Å². The number of amides is 1. The summed E-state index contributed by atoms with van der Waals surface area (Å²) in [6, 6.07) is 15.9. The maximum atomic E-state index is 12.7. The van der Waals surface area contributed by atoms with Crippen LogP contribution in [0.15, 0.2) is 70.6 Å². The van der Waals surface area contributed by atoms with Crippen LogP contribution in [0.1, 0.15) is 0 Å². The van der Waals surface area contributed by atoms with E-state index in [2.05, 4.69) is 15.6 Å². The second-order valence-electron chi connectivity index (χ2n) is 5.68. The number of para-hydroxylation sites is 1. The molecule has 0 unspecified atom stereocenters. The molecule has 0 saturated carbocycles. The first-order chi connectivity index (χ1) is 13.9. The fourth-order valence-corrected chi connectivity index (χ4v) is 3.72. The van der Waals surface area contributed by atoms with Crippen LogP contribution in [-0.4, -0.2) is 26.3 Å². The normalized spacial score (nSPS) is 10.4. The van der Waals surface area contributed by atoms with Gasteiger partial charge in [0.25, 0.3) is 5.56 Å². The highest BCUT2D eigenvalue weighted by atomic mass is 35.5. The number of halogens is 2. The maximum absolute atomic E-state index is 12.7. The van der Waals surface area contributed by atoms with Crippen LogP contribution in [0.2, 0.25) is 10.2 Å². The van der Waals surface area contributed by atoms with E-state index in [-0.39, 0.29) is 32.5 Å². The molecule has 2 N–H and O–H groups in total. The third kappa shape index (κ3) is 6.04. The van der Waals surface area contributed by atoms with Crippen molar-refractivity contribution in [2.24, 2.45) is 0 Å². The molecule has 1 aromatic heterocycles. The van der Waals surface area contributed by atoms with E-state index in [9.17, 15) is 9.59 Å². The van der Waals surface area contributed by atoms with Gasteiger partial charge in [-0.1, -0.05) is 59.2 Å². The minimum absolute atomic E-state index is 0.0608. The molecule has 0 saturated heterocycles. The van der Waals surface area contributed by atoms with Gasteiger partial charge in [-0.15, -0.1) is 0 Å². The predicted molar refractivity (Wildman–Crippen MR) is 121 cm³/mol. The molecular weight excluding hydrogens is 451 g/mol. The quantitative estimate of drug-likeness (QED) is 0.436. The van der Waals surface area contributed by atoms with Gasteiger partial charge in [0.2, 0.25) is 5.91 Å². The minimum atomic E-state index is -0.387. The maximum Gasteiger partial charge on any atom is 0.287 e. The summed E-state index contributed by atoms with van der Waals surface area (Å²) in [7, 11) is 0. The van der Waals surface area contributed by atoms with Gasteiger partial charge in [0.15, 0.2) is 10.1 Å². The molecule has 0 spiro atoms. The van der Waals surface area contributed by atoms with E-state index in [4.69, 9.17) is 35.4 Å². The van der Waals surface area contributed by atoms with Crippen LogP contribution in [0.3, 0.4) is 0 Å². The molecule has 3 rings (SSSR count). The first kappa shape index (κ1) is 21.3. The van der Waals surface area contributed by atoms with E-state index < -0.39 is 0 Å². The number of nitrogens with zero attached hydrogens (tertiary/aromatic N) is 2. The third-order valence-electron chi connectivity index (χ3n) is 3.56. The van der Waals surface area contributed by atoms with Crippen LogP contribution in [0.4, 0.5) is 5.69 Å². The number of carbonyl (C=O) groups excluding carboxylic acids is 1. The van der Waals surface area contributed by atoms with Crippen molar-refractivity contribution in [2.75, 3.05) is 11.1 Å². The lowest BCUT2D eigenvalue weighted by Crippen LogP contribution is -2.35. The van der Waals surface area contributed by atoms with Crippen molar-refractivity contribution in [2.45, 2.75) is 5.03 Å². The van der Waals surface area contributed by atoms with E-state index in [1.165, 1.54) is 10.8 Å². The molecule has 1 heterocycles. The summed E-state index contributed by atoms with van der Waals surface area (Å²) in [5.74, 6) is -0.448. The molecule has 6 nitrogen and oxygen atoms in total. The molecule has 0 radical (unpaired) electrons. The Morgan fingerprint density at radius 2 is 1.90 bits per heavy atom. The van der Waals surface area contributed by atoms with Crippen molar-refractivity contribution in [3.05, 3.63) is 81.3 Å². The third-order valence-corrected chi connectivity index (χ3v) is 5.12. The summed E-state index contributed by atoms with van der Waals surface area (Å²) in [5, 5.41) is 6.34. The number of benzene rings is 2. The number of aromatic nitrogens is 2. The number of nitrogens with one attached hydrogen (secondary N) is 2. The van der Waals surface area contributed by atoms with Crippen molar-refractivity contribution < 1.29 is 4.79 Å². The smallest absolute Gasteiger partial charge is 0.287 e. The Hall–Kier alpha value is -2.39. The second-order valence-corrected chi connectivity index (χ2v) is 7.88. The van der Waals surface area contributed by atoms with Gasteiger partial charge in [-0.3, -0.25) is 14.2 Å². The Morgan fingerprint density at radius 3 is 2.62 bits per heavy atom. The van der Waals surface area contributed by atoms with Crippen LogP contribution in [-0.2, 0) is 4.79 Å². The summed E-state index contributed by atoms with van der Waals surface area (Å²) in [6.07, 6.45) is 1.44. The Balaban J connectivity index is 1.64. The molecule has 0 atom stereocenters. The highest BCUT2D eigenvalue weighted by Crippen LogP contribution is 2.17. The van der Waals surface area contributed by atoms with Gasteiger partial charge in [-0.25, -0.2) is 4.98 Å². The summed E-state index contributed by atoms with van der Waals surface area (Å²) in [5.41, 5.74) is 0.940. The zero-order chi connectivity index (χ0) is 20.8. The number of hydrogen-bond acceptors (Lipinski definition) is 5. The largest absolute Gasteiger partial charge is 0.332 e.